The van der Waals surface area contributed by atoms with Crippen molar-refractivity contribution in [2.24, 2.45) is 0 Å². The summed E-state index contributed by atoms with van der Waals surface area (Å²) in [4.78, 5) is 38.6. The van der Waals surface area contributed by atoms with E-state index in [0.717, 1.165) is 12.0 Å². The average Bonchev–Trinajstić information content (AvgIpc) is 3.07. The van der Waals surface area contributed by atoms with Crippen LogP contribution in [0.5, 0.6) is 0 Å². The van der Waals surface area contributed by atoms with E-state index in [0.29, 0.717) is 24.3 Å². The highest BCUT2D eigenvalue weighted by atomic mass is 16.5. The quantitative estimate of drug-likeness (QED) is 0.824. The topological polar surface area (TPSA) is 75.7 Å². The summed E-state index contributed by atoms with van der Waals surface area (Å²) in [7, 11) is 0. The molecule has 0 saturated carbocycles. The molecule has 140 valence electrons. The third kappa shape index (κ3) is 4.34. The number of anilines is 2. The number of amides is 2. The number of rotatable bonds is 5. The molecular weight excluding hydrogens is 344 g/mol. The highest BCUT2D eigenvalue weighted by Gasteiger charge is 2.27. The van der Waals surface area contributed by atoms with Crippen LogP contribution in [0.3, 0.4) is 0 Å². The minimum Gasteiger partial charge on any atom is -0.449 e. The number of esters is 1. The lowest BCUT2D eigenvalue weighted by Crippen LogP contribution is -2.31. The van der Waals surface area contributed by atoms with Gasteiger partial charge < -0.3 is 15.0 Å². The van der Waals surface area contributed by atoms with Crippen molar-refractivity contribution in [3.63, 3.8) is 0 Å². The van der Waals surface area contributed by atoms with Crippen molar-refractivity contribution >= 4 is 29.2 Å². The van der Waals surface area contributed by atoms with Crippen LogP contribution in [0, 0.1) is 6.92 Å². The molecular formula is C21H22N2O4. The Morgan fingerprint density at radius 1 is 1.15 bits per heavy atom. The van der Waals surface area contributed by atoms with Crippen LogP contribution in [0.1, 0.15) is 35.7 Å². The number of hydrogen-bond donors (Lipinski definition) is 1. The monoisotopic (exact) mass is 366 g/mol. The largest absolute Gasteiger partial charge is 0.449 e. The minimum atomic E-state index is -0.972. The normalized spacial score (nSPS) is 14.7. The fraction of sp³-hybridized carbons (Fsp3) is 0.286. The predicted molar refractivity (Wildman–Crippen MR) is 103 cm³/mol. The standard InChI is InChI=1S/C21H22N2O4/c1-14-7-5-8-16(13-14)22-20(25)15(2)27-21(26)17-9-3-4-10-18(17)23-12-6-11-19(23)24/h3-5,7-10,13,15H,6,11-12H2,1-2H3,(H,22,25)/t15-/m0/s1. The van der Waals surface area contributed by atoms with E-state index < -0.39 is 18.0 Å². The van der Waals surface area contributed by atoms with Crippen molar-refractivity contribution in [3.8, 4) is 0 Å². The van der Waals surface area contributed by atoms with Gasteiger partial charge in [-0.25, -0.2) is 4.79 Å². The molecule has 0 spiro atoms. The molecule has 6 heteroatoms. The second-order valence-electron chi connectivity index (χ2n) is 6.57. The lowest BCUT2D eigenvalue weighted by Gasteiger charge is -2.20. The molecule has 2 amide bonds. The summed E-state index contributed by atoms with van der Waals surface area (Å²) in [5.41, 5.74) is 2.46. The SMILES string of the molecule is Cc1cccc(NC(=O)[C@H](C)OC(=O)c2ccccc2N2CCCC2=O)c1. The molecule has 1 aliphatic heterocycles. The Kier molecular flexibility index (Phi) is 5.54. The molecule has 0 aromatic heterocycles. The van der Waals surface area contributed by atoms with Crippen LogP contribution in [0.25, 0.3) is 0 Å². The Morgan fingerprint density at radius 3 is 2.63 bits per heavy atom. The number of para-hydroxylation sites is 1. The number of carbonyl (C=O) groups excluding carboxylic acids is 3. The van der Waals surface area contributed by atoms with Crippen molar-refractivity contribution in [2.45, 2.75) is 32.8 Å². The van der Waals surface area contributed by atoms with Gasteiger partial charge in [0, 0.05) is 18.7 Å². The molecule has 0 unspecified atom stereocenters. The van der Waals surface area contributed by atoms with Crippen LogP contribution in [-0.2, 0) is 14.3 Å². The van der Waals surface area contributed by atoms with Gasteiger partial charge in [-0.15, -0.1) is 0 Å². The van der Waals surface area contributed by atoms with E-state index >= 15 is 0 Å². The lowest BCUT2D eigenvalue weighted by atomic mass is 10.1. The Balaban J connectivity index is 1.70. The van der Waals surface area contributed by atoms with Gasteiger partial charge in [-0.2, -0.15) is 0 Å². The second kappa shape index (κ2) is 8.03. The van der Waals surface area contributed by atoms with E-state index in [1.807, 2.05) is 25.1 Å². The first kappa shape index (κ1) is 18.6. The first-order chi connectivity index (χ1) is 13.0. The smallest absolute Gasteiger partial charge is 0.341 e. The first-order valence-electron chi connectivity index (χ1n) is 8.93. The Labute approximate surface area is 158 Å². The maximum absolute atomic E-state index is 12.6. The molecule has 0 bridgehead atoms. The first-order valence-corrected chi connectivity index (χ1v) is 8.93. The molecule has 1 N–H and O–H groups in total. The zero-order chi connectivity index (χ0) is 19.4. The zero-order valence-corrected chi connectivity index (χ0v) is 15.4. The molecule has 1 heterocycles. The molecule has 0 radical (unpaired) electrons. The zero-order valence-electron chi connectivity index (χ0n) is 15.4. The number of aryl methyl sites for hydroxylation is 1. The van der Waals surface area contributed by atoms with E-state index in [2.05, 4.69) is 5.32 Å². The molecule has 1 atom stereocenters. The molecule has 1 saturated heterocycles. The van der Waals surface area contributed by atoms with Crippen LogP contribution in [0.4, 0.5) is 11.4 Å². The summed E-state index contributed by atoms with van der Waals surface area (Å²) in [5, 5.41) is 2.74. The Bertz CT molecular complexity index is 878. The summed E-state index contributed by atoms with van der Waals surface area (Å²) in [6, 6.07) is 14.2. The van der Waals surface area contributed by atoms with Crippen LogP contribution < -0.4 is 10.2 Å². The summed E-state index contributed by atoms with van der Waals surface area (Å²) in [6.45, 7) is 4.02. The third-order valence-electron chi connectivity index (χ3n) is 4.43. The molecule has 27 heavy (non-hydrogen) atoms. The van der Waals surface area contributed by atoms with Crippen molar-refractivity contribution < 1.29 is 19.1 Å². The summed E-state index contributed by atoms with van der Waals surface area (Å²) < 4.78 is 5.35. The summed E-state index contributed by atoms with van der Waals surface area (Å²) >= 11 is 0. The molecule has 2 aromatic carbocycles. The third-order valence-corrected chi connectivity index (χ3v) is 4.43. The predicted octanol–water partition coefficient (Wildman–Crippen LogP) is 3.31. The van der Waals surface area contributed by atoms with Crippen molar-refractivity contribution in [3.05, 3.63) is 59.7 Å². The summed E-state index contributed by atoms with van der Waals surface area (Å²) in [5.74, 6) is -1.05. The van der Waals surface area contributed by atoms with Gasteiger partial charge in [0.25, 0.3) is 5.91 Å². The molecule has 0 aliphatic carbocycles. The van der Waals surface area contributed by atoms with Gasteiger partial charge in [-0.05, 0) is 50.1 Å². The van der Waals surface area contributed by atoms with Gasteiger partial charge in [0.05, 0.1) is 11.3 Å². The van der Waals surface area contributed by atoms with Crippen LogP contribution in [-0.4, -0.2) is 30.4 Å². The van der Waals surface area contributed by atoms with Gasteiger partial charge in [0.15, 0.2) is 6.10 Å². The number of carbonyl (C=O) groups is 3. The number of benzene rings is 2. The molecule has 1 aliphatic rings. The van der Waals surface area contributed by atoms with Gasteiger partial charge >= 0.3 is 5.97 Å². The van der Waals surface area contributed by atoms with E-state index in [9.17, 15) is 14.4 Å². The lowest BCUT2D eigenvalue weighted by molar-refractivity contribution is -0.123. The van der Waals surface area contributed by atoms with Gasteiger partial charge in [0.2, 0.25) is 5.91 Å². The maximum Gasteiger partial charge on any atom is 0.341 e. The molecule has 3 rings (SSSR count). The Morgan fingerprint density at radius 2 is 1.93 bits per heavy atom. The van der Waals surface area contributed by atoms with Crippen molar-refractivity contribution in [1.82, 2.24) is 0 Å². The number of nitrogens with zero attached hydrogens (tertiary/aromatic N) is 1. The van der Waals surface area contributed by atoms with E-state index in [-0.39, 0.29) is 11.5 Å². The van der Waals surface area contributed by atoms with E-state index in [1.165, 1.54) is 6.92 Å². The summed E-state index contributed by atoms with van der Waals surface area (Å²) in [6.07, 6.45) is 0.260. The van der Waals surface area contributed by atoms with Crippen molar-refractivity contribution in [2.75, 3.05) is 16.8 Å². The van der Waals surface area contributed by atoms with Crippen LogP contribution in [0.2, 0.25) is 0 Å². The highest BCUT2D eigenvalue weighted by Crippen LogP contribution is 2.26. The van der Waals surface area contributed by atoms with Gasteiger partial charge in [-0.1, -0.05) is 24.3 Å². The van der Waals surface area contributed by atoms with E-state index in [4.69, 9.17) is 4.74 Å². The molecule has 6 nitrogen and oxygen atoms in total. The van der Waals surface area contributed by atoms with Crippen molar-refractivity contribution in [1.29, 1.82) is 0 Å². The number of hydrogen-bond acceptors (Lipinski definition) is 4. The fourth-order valence-corrected chi connectivity index (χ4v) is 3.03. The van der Waals surface area contributed by atoms with Crippen LogP contribution in [0.15, 0.2) is 48.5 Å². The van der Waals surface area contributed by atoms with Crippen LogP contribution >= 0.6 is 0 Å². The second-order valence-corrected chi connectivity index (χ2v) is 6.57. The molecule has 1 fully saturated rings. The molecule has 2 aromatic rings. The Hall–Kier alpha value is -3.15. The highest BCUT2D eigenvalue weighted by molar-refractivity contribution is 6.04. The fourth-order valence-electron chi connectivity index (χ4n) is 3.03. The average molecular weight is 366 g/mol. The minimum absolute atomic E-state index is 0.0134. The number of ether oxygens (including phenoxy) is 1. The number of nitrogens with one attached hydrogen (secondary N) is 1. The maximum atomic E-state index is 12.6. The van der Waals surface area contributed by atoms with E-state index in [1.54, 1.807) is 35.2 Å². The van der Waals surface area contributed by atoms with Gasteiger partial charge in [0.1, 0.15) is 0 Å². The van der Waals surface area contributed by atoms with Gasteiger partial charge in [-0.3, -0.25) is 9.59 Å².